The molecular formula is C26H29FN4O5. The first-order valence-electron chi connectivity index (χ1n) is 12.0. The van der Waals surface area contributed by atoms with Crippen LogP contribution in [0.3, 0.4) is 0 Å². The largest absolute Gasteiger partial charge is 0.467 e. The first-order chi connectivity index (χ1) is 17.4. The molecule has 0 radical (unpaired) electrons. The van der Waals surface area contributed by atoms with E-state index >= 15 is 0 Å². The van der Waals surface area contributed by atoms with E-state index in [1.54, 1.807) is 37.3 Å². The molecule has 2 aromatic heterocycles. The van der Waals surface area contributed by atoms with Crippen molar-refractivity contribution < 1.29 is 27.7 Å². The number of hydrogen-bond donors (Lipinski definition) is 2. The third-order valence-electron chi connectivity index (χ3n) is 6.12. The van der Waals surface area contributed by atoms with E-state index in [1.807, 2.05) is 0 Å². The van der Waals surface area contributed by atoms with Crippen LogP contribution in [-0.2, 0) is 20.9 Å². The minimum Gasteiger partial charge on any atom is -0.467 e. The Morgan fingerprint density at radius 1 is 1.14 bits per heavy atom. The molecule has 1 aliphatic rings. The lowest BCUT2D eigenvalue weighted by Crippen LogP contribution is -2.45. The maximum absolute atomic E-state index is 13.5. The average Bonchev–Trinajstić information content (AvgIpc) is 3.63. The van der Waals surface area contributed by atoms with Gasteiger partial charge in [-0.15, -0.1) is 0 Å². The molecule has 0 aliphatic heterocycles. The van der Waals surface area contributed by atoms with Crippen LogP contribution in [0, 0.1) is 12.7 Å². The van der Waals surface area contributed by atoms with Gasteiger partial charge in [-0.2, -0.15) is 0 Å². The molecular weight excluding hydrogens is 467 g/mol. The zero-order valence-corrected chi connectivity index (χ0v) is 20.0. The Bertz CT molecular complexity index is 1170. The van der Waals surface area contributed by atoms with Gasteiger partial charge in [0.1, 0.15) is 17.3 Å². The predicted molar refractivity (Wildman–Crippen MR) is 128 cm³/mol. The van der Waals surface area contributed by atoms with E-state index < -0.39 is 23.7 Å². The number of amides is 3. The molecule has 1 aromatic carbocycles. The molecule has 0 spiro atoms. The zero-order chi connectivity index (χ0) is 25.5. The Morgan fingerprint density at radius 2 is 1.89 bits per heavy atom. The van der Waals surface area contributed by atoms with Gasteiger partial charge < -0.3 is 24.5 Å². The van der Waals surface area contributed by atoms with E-state index in [0.717, 1.165) is 25.7 Å². The lowest BCUT2D eigenvalue weighted by atomic mass is 10.1. The maximum Gasteiger partial charge on any atom is 0.250 e. The second-order valence-corrected chi connectivity index (χ2v) is 8.93. The number of furan rings is 1. The van der Waals surface area contributed by atoms with E-state index in [-0.39, 0.29) is 37.2 Å². The summed E-state index contributed by atoms with van der Waals surface area (Å²) in [7, 11) is 0. The minimum absolute atomic E-state index is 0.0344. The number of rotatable bonds is 10. The van der Waals surface area contributed by atoms with E-state index in [4.69, 9.17) is 8.94 Å². The molecule has 1 aliphatic carbocycles. The highest BCUT2D eigenvalue weighted by atomic mass is 19.1. The van der Waals surface area contributed by atoms with Crippen molar-refractivity contribution in [1.82, 2.24) is 15.4 Å². The summed E-state index contributed by atoms with van der Waals surface area (Å²) in [4.78, 5) is 40.7. The molecule has 1 fully saturated rings. The van der Waals surface area contributed by atoms with Crippen molar-refractivity contribution in [3.8, 4) is 0 Å². The van der Waals surface area contributed by atoms with Crippen molar-refractivity contribution in [1.29, 1.82) is 0 Å². The van der Waals surface area contributed by atoms with Gasteiger partial charge in [-0.3, -0.25) is 14.4 Å². The van der Waals surface area contributed by atoms with Crippen molar-refractivity contribution in [3.05, 3.63) is 71.6 Å². The second-order valence-electron chi connectivity index (χ2n) is 8.93. The average molecular weight is 497 g/mol. The molecule has 9 nitrogen and oxygen atoms in total. The quantitative estimate of drug-likeness (QED) is 0.433. The van der Waals surface area contributed by atoms with Gasteiger partial charge >= 0.3 is 0 Å². The highest BCUT2D eigenvalue weighted by Crippen LogP contribution is 2.27. The van der Waals surface area contributed by atoms with Gasteiger partial charge in [0, 0.05) is 31.5 Å². The van der Waals surface area contributed by atoms with Crippen LogP contribution < -0.4 is 10.6 Å². The molecule has 2 N–H and O–H groups in total. The number of halogens is 1. The minimum atomic E-state index is -1.04. The summed E-state index contributed by atoms with van der Waals surface area (Å²) in [5.74, 6) is -0.479. The third kappa shape index (κ3) is 6.59. The summed E-state index contributed by atoms with van der Waals surface area (Å²) < 4.78 is 24.0. The molecule has 0 unspecified atom stereocenters. The topological polar surface area (TPSA) is 118 Å². The number of anilines is 1. The van der Waals surface area contributed by atoms with E-state index in [1.165, 1.54) is 23.3 Å². The lowest BCUT2D eigenvalue weighted by Gasteiger charge is -2.31. The molecule has 3 aromatic rings. The number of aryl methyl sites for hydroxylation is 1. The van der Waals surface area contributed by atoms with E-state index in [0.29, 0.717) is 17.1 Å². The van der Waals surface area contributed by atoms with Gasteiger partial charge in [-0.1, -0.05) is 30.1 Å². The van der Waals surface area contributed by atoms with Crippen LogP contribution in [0.5, 0.6) is 0 Å². The normalized spacial score (nSPS) is 14.4. The SMILES string of the molecule is Cc1cc(NC(=O)CCC(=O)N(Cc2ccc(F)cc2)[C@H](C(=O)NC2CCCC2)c2ccco2)no1. The molecule has 10 heteroatoms. The lowest BCUT2D eigenvalue weighted by molar-refractivity contribution is -0.143. The standard InChI is InChI=1S/C26H29FN4O5/c1-17-15-22(30-36-17)29-23(32)12-13-24(33)31(16-18-8-10-19(27)11-9-18)25(21-7-4-14-35-21)26(34)28-20-5-2-3-6-20/h4,7-11,14-15,20,25H,2-3,5-6,12-13,16H2,1H3,(H,28,34)(H,29,30,32)/t25-/m0/s1. The number of hydrogen-bond acceptors (Lipinski definition) is 6. The molecule has 36 heavy (non-hydrogen) atoms. The van der Waals surface area contributed by atoms with Crippen molar-refractivity contribution in [2.75, 3.05) is 5.32 Å². The van der Waals surface area contributed by atoms with Crippen LogP contribution in [0.15, 0.2) is 57.7 Å². The van der Waals surface area contributed by atoms with Crippen molar-refractivity contribution in [3.63, 3.8) is 0 Å². The number of nitrogens with one attached hydrogen (secondary N) is 2. The molecule has 2 heterocycles. The van der Waals surface area contributed by atoms with Gasteiger partial charge in [0.25, 0.3) is 5.91 Å². The molecule has 0 saturated heterocycles. The van der Waals surface area contributed by atoms with Crippen LogP contribution in [0.4, 0.5) is 10.2 Å². The second kappa shape index (κ2) is 11.7. The molecule has 1 atom stereocenters. The molecule has 190 valence electrons. The van der Waals surface area contributed by atoms with Gasteiger partial charge in [-0.05, 0) is 49.6 Å². The van der Waals surface area contributed by atoms with E-state index in [2.05, 4.69) is 15.8 Å². The first kappa shape index (κ1) is 25.2. The molecule has 4 rings (SSSR count). The van der Waals surface area contributed by atoms with Gasteiger partial charge in [-0.25, -0.2) is 4.39 Å². The molecule has 3 amide bonds. The fraction of sp³-hybridized carbons (Fsp3) is 0.385. The molecule has 0 bridgehead atoms. The predicted octanol–water partition coefficient (Wildman–Crippen LogP) is 4.26. The number of aromatic nitrogens is 1. The summed E-state index contributed by atoms with van der Waals surface area (Å²) in [5.41, 5.74) is 0.637. The Labute approximate surface area is 208 Å². The summed E-state index contributed by atoms with van der Waals surface area (Å²) in [6, 6.07) is 9.57. The fourth-order valence-electron chi connectivity index (χ4n) is 4.33. The summed E-state index contributed by atoms with van der Waals surface area (Å²) >= 11 is 0. The highest BCUT2D eigenvalue weighted by Gasteiger charge is 2.35. The number of carbonyl (C=O) groups is 3. The van der Waals surface area contributed by atoms with Crippen LogP contribution in [0.1, 0.15) is 61.7 Å². The van der Waals surface area contributed by atoms with Gasteiger partial charge in [0.15, 0.2) is 11.9 Å². The number of nitrogens with zero attached hydrogens (tertiary/aromatic N) is 2. The Balaban J connectivity index is 1.54. The summed E-state index contributed by atoms with van der Waals surface area (Å²) in [6.45, 7) is 1.73. The van der Waals surface area contributed by atoms with Crippen LogP contribution in [0.25, 0.3) is 0 Å². The highest BCUT2D eigenvalue weighted by molar-refractivity contribution is 5.94. The first-order valence-corrected chi connectivity index (χ1v) is 12.0. The third-order valence-corrected chi connectivity index (χ3v) is 6.12. The van der Waals surface area contributed by atoms with Crippen LogP contribution in [-0.4, -0.2) is 33.8 Å². The van der Waals surface area contributed by atoms with Crippen LogP contribution in [0.2, 0.25) is 0 Å². The van der Waals surface area contributed by atoms with Crippen molar-refractivity contribution >= 4 is 23.5 Å². The number of benzene rings is 1. The van der Waals surface area contributed by atoms with Crippen LogP contribution >= 0.6 is 0 Å². The van der Waals surface area contributed by atoms with Crippen molar-refractivity contribution in [2.45, 2.75) is 64.1 Å². The Kier molecular flexibility index (Phi) is 8.14. The van der Waals surface area contributed by atoms with Gasteiger partial charge in [0.05, 0.1) is 6.26 Å². The molecule has 1 saturated carbocycles. The monoisotopic (exact) mass is 496 g/mol. The van der Waals surface area contributed by atoms with Gasteiger partial charge in [0.2, 0.25) is 11.8 Å². The fourth-order valence-corrected chi connectivity index (χ4v) is 4.33. The zero-order valence-electron chi connectivity index (χ0n) is 20.0. The number of carbonyl (C=O) groups excluding carboxylic acids is 3. The Morgan fingerprint density at radius 3 is 2.53 bits per heavy atom. The van der Waals surface area contributed by atoms with E-state index in [9.17, 15) is 18.8 Å². The maximum atomic E-state index is 13.5. The Hall–Kier alpha value is -3.95. The van der Waals surface area contributed by atoms with Crippen molar-refractivity contribution in [2.24, 2.45) is 0 Å². The summed E-state index contributed by atoms with van der Waals surface area (Å²) in [5, 5.41) is 9.35. The summed E-state index contributed by atoms with van der Waals surface area (Å²) in [6.07, 6.45) is 4.99. The smallest absolute Gasteiger partial charge is 0.250 e.